The van der Waals surface area contributed by atoms with Crippen molar-refractivity contribution in [3.8, 4) is 5.75 Å². The summed E-state index contributed by atoms with van der Waals surface area (Å²) in [5.74, 6) is -0.984. The van der Waals surface area contributed by atoms with Crippen LogP contribution >= 0.6 is 0 Å². The largest absolute Gasteiger partial charge is 0.482 e. The van der Waals surface area contributed by atoms with Crippen molar-refractivity contribution in [1.29, 1.82) is 0 Å². The number of para-hydroxylation sites is 1. The summed E-state index contributed by atoms with van der Waals surface area (Å²) >= 11 is 0. The molecule has 0 aliphatic carbocycles. The van der Waals surface area contributed by atoms with Crippen molar-refractivity contribution in [2.45, 2.75) is 66.6 Å². The molecule has 0 heterocycles. The van der Waals surface area contributed by atoms with Crippen LogP contribution in [0.3, 0.4) is 0 Å². The number of benzene rings is 1. The molecule has 0 saturated carbocycles. The molecule has 312 valence electrons. The number of nitrogens with one attached hydrogen (secondary N) is 6. The molecule has 2 unspecified atom stereocenters. The number of amides is 6. The number of ether oxygens (including phenoxy) is 5. The van der Waals surface area contributed by atoms with Gasteiger partial charge in [-0.15, -0.1) is 0 Å². The number of rotatable bonds is 20. The van der Waals surface area contributed by atoms with E-state index in [-0.39, 0.29) is 109 Å². The summed E-state index contributed by atoms with van der Waals surface area (Å²) in [6, 6.07) is 8.89. The molecule has 19 heteroatoms. The minimum absolute atomic E-state index is 0. The molecule has 0 bridgehead atoms. The average molecular weight is 777 g/mol. The zero-order valence-corrected chi connectivity index (χ0v) is 31.3. The van der Waals surface area contributed by atoms with E-state index in [0.29, 0.717) is 12.2 Å². The maximum Gasteiger partial charge on any atom is 0.344 e. The summed E-state index contributed by atoms with van der Waals surface area (Å²) in [4.78, 5) is 86.3. The molecule has 6 N–H and O–H groups in total. The summed E-state index contributed by atoms with van der Waals surface area (Å²) in [5, 5.41) is 14.8. The fraction of sp³-hybridized carbons (Fsp3) is 0.600. The van der Waals surface area contributed by atoms with Crippen molar-refractivity contribution in [2.24, 2.45) is 0 Å². The van der Waals surface area contributed by atoms with Gasteiger partial charge in [-0.2, -0.15) is 0 Å². The molecule has 19 nitrogen and oxygen atoms in total. The van der Waals surface area contributed by atoms with E-state index in [4.69, 9.17) is 18.9 Å². The number of methoxy groups -OCH3 is 2. The standard InChI is InChI=1S/C17H24N2O6.C10H18N2O5.2C3H7NO.2CH4/c1-18-15(20)8-9-16(21)19-10-14(11-23-2)25-17(22)12-24-13-6-4-3-5-7-13;1-11-9(14)3-4-10(15)12-5-8(6-16-2)17-7-13;2*1-3(5)4-2;;/h3-7,14H,8-12H2,1-2H3,(H,18,20)(H,19,21);7-8H,3-6H2,1-2H3,(H,11,14)(H,12,15);2*1-2H3,(H,4,5);2*1H4. The lowest BCUT2D eigenvalue weighted by Gasteiger charge is -2.18. The zero-order valence-electron chi connectivity index (χ0n) is 31.3. The first-order valence-electron chi connectivity index (χ1n) is 16.0. The van der Waals surface area contributed by atoms with Crippen molar-refractivity contribution < 1.29 is 62.0 Å². The second-order valence-electron chi connectivity index (χ2n) is 10.0. The van der Waals surface area contributed by atoms with Gasteiger partial charge in [-0.1, -0.05) is 33.1 Å². The van der Waals surface area contributed by atoms with Crippen LogP contribution in [0.2, 0.25) is 0 Å². The fourth-order valence-electron chi connectivity index (χ4n) is 2.95. The Hall–Kier alpha value is -5.30. The molecule has 0 fully saturated rings. The lowest BCUT2D eigenvalue weighted by atomic mass is 10.2. The van der Waals surface area contributed by atoms with Gasteiger partial charge in [0.1, 0.15) is 18.0 Å². The van der Waals surface area contributed by atoms with E-state index in [0.717, 1.165) is 0 Å². The molecule has 2 atom stereocenters. The van der Waals surface area contributed by atoms with E-state index in [1.165, 1.54) is 42.2 Å². The Morgan fingerprint density at radius 1 is 0.630 bits per heavy atom. The Morgan fingerprint density at radius 3 is 1.39 bits per heavy atom. The number of carbonyl (C=O) groups excluding carboxylic acids is 8. The number of hydrogen-bond acceptors (Lipinski definition) is 13. The third kappa shape index (κ3) is 41.1. The van der Waals surface area contributed by atoms with Gasteiger partial charge in [-0.05, 0) is 12.1 Å². The Bertz CT molecular complexity index is 1160. The minimum Gasteiger partial charge on any atom is -0.482 e. The van der Waals surface area contributed by atoms with E-state index in [1.54, 1.807) is 38.4 Å². The molecule has 0 aliphatic heterocycles. The fourth-order valence-corrected chi connectivity index (χ4v) is 2.95. The Balaban J connectivity index is -0.000000238. The highest BCUT2D eigenvalue weighted by atomic mass is 16.6. The predicted octanol–water partition coefficient (Wildman–Crippen LogP) is -0.140. The van der Waals surface area contributed by atoms with Crippen molar-refractivity contribution in [2.75, 3.05) is 75.3 Å². The first-order chi connectivity index (χ1) is 24.7. The first-order valence-corrected chi connectivity index (χ1v) is 16.0. The highest BCUT2D eigenvalue weighted by Gasteiger charge is 2.17. The van der Waals surface area contributed by atoms with Gasteiger partial charge in [0, 0.05) is 81.9 Å². The SMILES string of the molecule is C.C.CNC(=O)CCC(=O)NCC(COC)OC(=O)COc1ccccc1.CNC(=O)CCC(=O)NCC(COC)OC=O.CNC(C)=O.CNC(C)=O. The first kappa shape index (κ1) is 58.0. The van der Waals surface area contributed by atoms with Crippen LogP contribution < -0.4 is 36.6 Å². The Kier molecular flexibility index (Phi) is 43.5. The van der Waals surface area contributed by atoms with Crippen LogP contribution in [0, 0.1) is 0 Å². The van der Waals surface area contributed by atoms with Gasteiger partial charge in [0.05, 0.1) is 26.3 Å². The van der Waals surface area contributed by atoms with Gasteiger partial charge in [0.25, 0.3) is 6.47 Å². The summed E-state index contributed by atoms with van der Waals surface area (Å²) < 4.78 is 25.0. The van der Waals surface area contributed by atoms with Crippen LogP contribution in [-0.4, -0.2) is 135 Å². The molecule has 0 aliphatic rings. The highest BCUT2D eigenvalue weighted by Crippen LogP contribution is 2.08. The maximum absolute atomic E-state index is 11.8. The summed E-state index contributed by atoms with van der Waals surface area (Å²) in [5.41, 5.74) is 0. The Morgan fingerprint density at radius 2 is 1.02 bits per heavy atom. The second kappa shape index (κ2) is 40.5. The summed E-state index contributed by atoms with van der Waals surface area (Å²) in [7, 11) is 9.15. The normalized spacial score (nSPS) is 10.1. The van der Waals surface area contributed by atoms with Crippen molar-refractivity contribution in [1.82, 2.24) is 31.9 Å². The van der Waals surface area contributed by atoms with Crippen LogP contribution in [0.4, 0.5) is 0 Å². The topological polar surface area (TPSA) is 255 Å². The van der Waals surface area contributed by atoms with Crippen LogP contribution in [0.5, 0.6) is 5.75 Å². The second-order valence-corrected chi connectivity index (χ2v) is 10.0. The average Bonchev–Trinajstić information content (AvgIpc) is 3.14. The molecule has 0 spiro atoms. The zero-order chi connectivity index (χ0) is 40.2. The third-order valence-corrected chi connectivity index (χ3v) is 5.82. The predicted molar refractivity (Wildman–Crippen MR) is 202 cm³/mol. The van der Waals surface area contributed by atoms with Gasteiger partial charge in [0.15, 0.2) is 6.61 Å². The van der Waals surface area contributed by atoms with Crippen molar-refractivity contribution in [3.63, 3.8) is 0 Å². The van der Waals surface area contributed by atoms with Crippen LogP contribution in [0.1, 0.15) is 54.4 Å². The number of carbonyl (C=O) groups is 8. The highest BCUT2D eigenvalue weighted by molar-refractivity contribution is 5.84. The van der Waals surface area contributed by atoms with Gasteiger partial charge in [-0.3, -0.25) is 33.6 Å². The van der Waals surface area contributed by atoms with E-state index >= 15 is 0 Å². The van der Waals surface area contributed by atoms with Crippen molar-refractivity contribution in [3.05, 3.63) is 30.3 Å². The molecular formula is C35H64N6O13. The van der Waals surface area contributed by atoms with Crippen LogP contribution in [0.25, 0.3) is 0 Å². The lowest BCUT2D eigenvalue weighted by Crippen LogP contribution is -2.38. The van der Waals surface area contributed by atoms with E-state index in [9.17, 15) is 38.4 Å². The lowest BCUT2D eigenvalue weighted by molar-refractivity contribution is -0.154. The monoisotopic (exact) mass is 776 g/mol. The molecule has 0 saturated heterocycles. The molecule has 0 aromatic heterocycles. The van der Waals surface area contributed by atoms with Crippen molar-refractivity contribution >= 4 is 47.9 Å². The van der Waals surface area contributed by atoms with E-state index in [1.807, 2.05) is 6.07 Å². The van der Waals surface area contributed by atoms with E-state index in [2.05, 4.69) is 36.6 Å². The molecule has 6 amide bonds. The smallest absolute Gasteiger partial charge is 0.344 e. The third-order valence-electron chi connectivity index (χ3n) is 5.82. The maximum atomic E-state index is 11.8. The van der Waals surface area contributed by atoms with Crippen LogP contribution in [0.15, 0.2) is 30.3 Å². The van der Waals surface area contributed by atoms with Crippen LogP contribution in [-0.2, 0) is 57.3 Å². The molecule has 1 aromatic rings. The van der Waals surface area contributed by atoms with Gasteiger partial charge < -0.3 is 55.6 Å². The molecule has 54 heavy (non-hydrogen) atoms. The summed E-state index contributed by atoms with van der Waals surface area (Å²) in [6.45, 7) is 3.60. The minimum atomic E-state index is -0.638. The van der Waals surface area contributed by atoms with Gasteiger partial charge in [-0.25, -0.2) is 4.79 Å². The van der Waals surface area contributed by atoms with E-state index < -0.39 is 18.2 Å². The van der Waals surface area contributed by atoms with Gasteiger partial charge >= 0.3 is 5.97 Å². The molecule has 0 radical (unpaired) electrons. The Labute approximate surface area is 319 Å². The summed E-state index contributed by atoms with van der Waals surface area (Å²) in [6.07, 6.45) is -0.763. The quantitative estimate of drug-likeness (QED) is 0.0746. The number of hydrogen-bond donors (Lipinski definition) is 6. The number of esters is 1. The van der Waals surface area contributed by atoms with Gasteiger partial charge in [0.2, 0.25) is 35.4 Å². The molecule has 1 rings (SSSR count). The molecular weight excluding hydrogens is 712 g/mol. The molecule has 1 aromatic carbocycles.